The summed E-state index contributed by atoms with van der Waals surface area (Å²) in [6.07, 6.45) is 1.65. The lowest BCUT2D eigenvalue weighted by Gasteiger charge is -2.08. The highest BCUT2D eigenvalue weighted by molar-refractivity contribution is 7.13. The monoisotopic (exact) mass is 171 g/mol. The van der Waals surface area contributed by atoms with Crippen LogP contribution in [0, 0.1) is 0 Å². The molecular formula is C6H9N3OS. The van der Waals surface area contributed by atoms with Gasteiger partial charge in [-0.2, -0.15) is 0 Å². The summed E-state index contributed by atoms with van der Waals surface area (Å²) in [6.45, 7) is 0. The number of nitrogens with zero attached hydrogens (tertiary/aromatic N) is 2. The van der Waals surface area contributed by atoms with Crippen molar-refractivity contribution in [1.82, 2.24) is 9.88 Å². The molecule has 1 rings (SSSR count). The molecule has 0 fully saturated rings. The van der Waals surface area contributed by atoms with Gasteiger partial charge in [0.25, 0.3) is 0 Å². The molecular weight excluding hydrogens is 162 g/mol. The van der Waals surface area contributed by atoms with Crippen LogP contribution < -0.4 is 5.32 Å². The van der Waals surface area contributed by atoms with Crippen LogP contribution >= 0.6 is 11.3 Å². The lowest BCUT2D eigenvalue weighted by molar-refractivity contribution is 0.230. The number of hydrogen-bond donors (Lipinski definition) is 1. The van der Waals surface area contributed by atoms with Crippen LogP contribution in [-0.2, 0) is 0 Å². The molecule has 2 amide bonds. The Morgan fingerprint density at radius 2 is 2.45 bits per heavy atom. The van der Waals surface area contributed by atoms with Gasteiger partial charge in [0.05, 0.1) is 0 Å². The number of nitrogens with one attached hydrogen (secondary N) is 1. The Bertz CT molecular complexity index is 232. The standard InChI is InChI=1S/C6H9N3OS/c1-9(2)6(10)8-5-7-3-4-11-5/h3-4H,1-2H3,(H,7,8,10). The predicted octanol–water partition coefficient (Wildman–Crippen LogP) is 1.24. The second kappa shape index (κ2) is 3.34. The van der Waals surface area contributed by atoms with Crippen LogP contribution in [0.3, 0.4) is 0 Å². The van der Waals surface area contributed by atoms with E-state index in [0.717, 1.165) is 0 Å². The minimum absolute atomic E-state index is 0.153. The largest absolute Gasteiger partial charge is 0.331 e. The first-order valence-corrected chi connectivity index (χ1v) is 3.96. The van der Waals surface area contributed by atoms with E-state index in [2.05, 4.69) is 10.3 Å². The van der Waals surface area contributed by atoms with Crippen molar-refractivity contribution in [1.29, 1.82) is 0 Å². The normalized spacial score (nSPS) is 9.27. The van der Waals surface area contributed by atoms with Crippen LogP contribution in [0.15, 0.2) is 11.6 Å². The molecule has 0 spiro atoms. The van der Waals surface area contributed by atoms with Gasteiger partial charge in [0.2, 0.25) is 0 Å². The van der Waals surface area contributed by atoms with Gasteiger partial charge in [-0.1, -0.05) is 0 Å². The van der Waals surface area contributed by atoms with Gasteiger partial charge < -0.3 is 4.90 Å². The van der Waals surface area contributed by atoms with Crippen LogP contribution in [-0.4, -0.2) is 30.0 Å². The van der Waals surface area contributed by atoms with Gasteiger partial charge in [0, 0.05) is 25.7 Å². The molecule has 0 aromatic carbocycles. The van der Waals surface area contributed by atoms with Gasteiger partial charge in [-0.25, -0.2) is 9.78 Å². The molecule has 60 valence electrons. The van der Waals surface area contributed by atoms with E-state index in [1.807, 2.05) is 5.38 Å². The van der Waals surface area contributed by atoms with Crippen molar-refractivity contribution in [2.75, 3.05) is 19.4 Å². The van der Waals surface area contributed by atoms with Crippen molar-refractivity contribution in [2.45, 2.75) is 0 Å². The summed E-state index contributed by atoms with van der Waals surface area (Å²) in [5.74, 6) is 0. The van der Waals surface area contributed by atoms with E-state index in [1.54, 1.807) is 20.3 Å². The third kappa shape index (κ3) is 2.19. The number of thiazole rings is 1. The summed E-state index contributed by atoms with van der Waals surface area (Å²) in [4.78, 5) is 16.3. The summed E-state index contributed by atoms with van der Waals surface area (Å²) in [5, 5.41) is 5.05. The van der Waals surface area contributed by atoms with E-state index in [1.165, 1.54) is 16.2 Å². The molecule has 5 heteroatoms. The molecule has 0 radical (unpaired) electrons. The fourth-order valence-electron chi connectivity index (χ4n) is 0.488. The van der Waals surface area contributed by atoms with Crippen molar-refractivity contribution in [2.24, 2.45) is 0 Å². The summed E-state index contributed by atoms with van der Waals surface area (Å²) in [6, 6.07) is -0.153. The predicted molar refractivity (Wildman–Crippen MR) is 44.8 cm³/mol. The van der Waals surface area contributed by atoms with Crippen molar-refractivity contribution in [3.63, 3.8) is 0 Å². The number of urea groups is 1. The quantitative estimate of drug-likeness (QED) is 0.690. The number of rotatable bonds is 1. The molecule has 0 saturated heterocycles. The van der Waals surface area contributed by atoms with E-state index < -0.39 is 0 Å². The number of carbonyl (C=O) groups excluding carboxylic acids is 1. The number of amides is 2. The summed E-state index contributed by atoms with van der Waals surface area (Å²) in [7, 11) is 3.37. The van der Waals surface area contributed by atoms with Crippen molar-refractivity contribution in [3.05, 3.63) is 11.6 Å². The Hall–Kier alpha value is -1.10. The molecule has 0 atom stereocenters. The highest BCUT2D eigenvalue weighted by atomic mass is 32.1. The van der Waals surface area contributed by atoms with E-state index >= 15 is 0 Å². The van der Waals surface area contributed by atoms with Crippen LogP contribution in [0.5, 0.6) is 0 Å². The highest BCUT2D eigenvalue weighted by Gasteiger charge is 2.03. The van der Waals surface area contributed by atoms with Crippen LogP contribution in [0.25, 0.3) is 0 Å². The fourth-order valence-corrected chi connectivity index (χ4v) is 1.01. The number of carbonyl (C=O) groups is 1. The molecule has 1 aromatic heterocycles. The molecule has 11 heavy (non-hydrogen) atoms. The maximum absolute atomic E-state index is 11.0. The Morgan fingerprint density at radius 1 is 1.73 bits per heavy atom. The molecule has 0 aliphatic rings. The maximum atomic E-state index is 11.0. The Morgan fingerprint density at radius 3 is 2.91 bits per heavy atom. The molecule has 0 aliphatic carbocycles. The van der Waals surface area contributed by atoms with Crippen molar-refractivity contribution < 1.29 is 4.79 Å². The molecule has 0 aliphatic heterocycles. The third-order valence-electron chi connectivity index (χ3n) is 1.05. The highest BCUT2D eigenvalue weighted by Crippen LogP contribution is 2.09. The zero-order chi connectivity index (χ0) is 8.27. The molecule has 4 nitrogen and oxygen atoms in total. The lowest BCUT2D eigenvalue weighted by atomic mass is 10.8. The average Bonchev–Trinajstić information content (AvgIpc) is 2.39. The first kappa shape index (κ1) is 8.00. The molecule has 0 saturated carbocycles. The van der Waals surface area contributed by atoms with Gasteiger partial charge in [-0.05, 0) is 0 Å². The number of aromatic nitrogens is 1. The lowest BCUT2D eigenvalue weighted by Crippen LogP contribution is -2.27. The minimum atomic E-state index is -0.153. The fraction of sp³-hybridized carbons (Fsp3) is 0.333. The van der Waals surface area contributed by atoms with E-state index in [0.29, 0.717) is 5.13 Å². The summed E-state index contributed by atoms with van der Waals surface area (Å²) in [5.41, 5.74) is 0. The molecule has 0 unspecified atom stereocenters. The molecule has 0 bridgehead atoms. The van der Waals surface area contributed by atoms with Gasteiger partial charge >= 0.3 is 6.03 Å². The Balaban J connectivity index is 2.50. The first-order valence-electron chi connectivity index (χ1n) is 3.08. The second-order valence-electron chi connectivity index (χ2n) is 2.16. The number of hydrogen-bond acceptors (Lipinski definition) is 3. The second-order valence-corrected chi connectivity index (χ2v) is 3.06. The van der Waals surface area contributed by atoms with Crippen LogP contribution in [0.2, 0.25) is 0 Å². The molecule has 1 aromatic rings. The van der Waals surface area contributed by atoms with Crippen LogP contribution in [0.1, 0.15) is 0 Å². The zero-order valence-corrected chi connectivity index (χ0v) is 7.18. The maximum Gasteiger partial charge on any atom is 0.323 e. The van der Waals surface area contributed by atoms with Gasteiger partial charge in [0.15, 0.2) is 5.13 Å². The van der Waals surface area contributed by atoms with E-state index in [-0.39, 0.29) is 6.03 Å². The van der Waals surface area contributed by atoms with Crippen molar-refractivity contribution >= 4 is 22.5 Å². The third-order valence-corrected chi connectivity index (χ3v) is 1.74. The summed E-state index contributed by atoms with van der Waals surface area (Å²) < 4.78 is 0. The van der Waals surface area contributed by atoms with E-state index in [9.17, 15) is 4.79 Å². The molecule has 1 N–H and O–H groups in total. The topological polar surface area (TPSA) is 45.2 Å². The SMILES string of the molecule is CN(C)C(=O)Nc1nccs1. The van der Waals surface area contributed by atoms with Gasteiger partial charge in [-0.3, -0.25) is 5.32 Å². The van der Waals surface area contributed by atoms with Gasteiger partial charge in [-0.15, -0.1) is 11.3 Å². The summed E-state index contributed by atoms with van der Waals surface area (Å²) >= 11 is 1.40. The molecule has 1 heterocycles. The average molecular weight is 171 g/mol. The van der Waals surface area contributed by atoms with Crippen LogP contribution in [0.4, 0.5) is 9.93 Å². The Labute approximate surface area is 68.9 Å². The van der Waals surface area contributed by atoms with E-state index in [4.69, 9.17) is 0 Å². The minimum Gasteiger partial charge on any atom is -0.331 e. The number of anilines is 1. The zero-order valence-electron chi connectivity index (χ0n) is 6.37. The smallest absolute Gasteiger partial charge is 0.323 e. The first-order chi connectivity index (χ1) is 5.20. The van der Waals surface area contributed by atoms with Crippen molar-refractivity contribution in [3.8, 4) is 0 Å². The Kier molecular flexibility index (Phi) is 2.43. The van der Waals surface area contributed by atoms with Gasteiger partial charge in [0.1, 0.15) is 0 Å².